The molecule has 28 heavy (non-hydrogen) atoms. The lowest BCUT2D eigenvalue weighted by Gasteiger charge is -2.39. The third kappa shape index (κ3) is 5.57. The zero-order valence-electron chi connectivity index (χ0n) is 16.6. The molecule has 5 heteroatoms. The number of carbonyl (C=O) groups excluding carboxylic acids is 1. The first-order valence-electron chi connectivity index (χ1n) is 9.83. The minimum absolute atomic E-state index is 0. The fourth-order valence-corrected chi connectivity index (χ4v) is 3.75. The second-order valence-electron chi connectivity index (χ2n) is 7.02. The monoisotopic (exact) mass is 403 g/mol. The van der Waals surface area contributed by atoms with E-state index in [1.165, 1.54) is 5.56 Å². The SMILES string of the molecule is CCC(C(=O)OCCN1CCOC(c2ccccc2)C1C)c1ccccc1.Cl. The van der Waals surface area contributed by atoms with Gasteiger partial charge in [0.1, 0.15) is 6.61 Å². The molecule has 0 bridgehead atoms. The number of hydrogen-bond acceptors (Lipinski definition) is 4. The molecule has 0 spiro atoms. The van der Waals surface area contributed by atoms with Crippen molar-refractivity contribution in [3.63, 3.8) is 0 Å². The van der Waals surface area contributed by atoms with Gasteiger partial charge < -0.3 is 9.47 Å². The van der Waals surface area contributed by atoms with Gasteiger partial charge in [-0.25, -0.2) is 0 Å². The summed E-state index contributed by atoms with van der Waals surface area (Å²) in [5.41, 5.74) is 2.22. The first-order chi connectivity index (χ1) is 13.2. The second-order valence-corrected chi connectivity index (χ2v) is 7.02. The molecule has 2 aromatic carbocycles. The predicted octanol–water partition coefficient (Wildman–Crippen LogP) is 4.61. The number of esters is 1. The van der Waals surface area contributed by atoms with Gasteiger partial charge in [0.05, 0.1) is 18.6 Å². The van der Waals surface area contributed by atoms with E-state index in [0.717, 1.165) is 25.1 Å². The Balaban J connectivity index is 0.00000280. The van der Waals surface area contributed by atoms with Crippen molar-refractivity contribution in [3.8, 4) is 0 Å². The summed E-state index contributed by atoms with van der Waals surface area (Å²) >= 11 is 0. The standard InChI is InChI=1S/C23H29NO3.ClH/c1-3-21(19-10-6-4-7-11-19)23(25)27-17-15-24-14-16-26-22(18(24)2)20-12-8-5-9-13-20;/h4-13,18,21-22H,3,14-17H2,1-2H3;1H. The molecule has 1 saturated heterocycles. The lowest BCUT2D eigenvalue weighted by Crippen LogP contribution is -2.47. The summed E-state index contributed by atoms with van der Waals surface area (Å²) < 4.78 is 11.6. The van der Waals surface area contributed by atoms with Crippen molar-refractivity contribution < 1.29 is 14.3 Å². The molecule has 4 nitrogen and oxygen atoms in total. The smallest absolute Gasteiger partial charge is 0.313 e. The van der Waals surface area contributed by atoms with Gasteiger partial charge in [-0.05, 0) is 24.5 Å². The van der Waals surface area contributed by atoms with E-state index >= 15 is 0 Å². The number of ether oxygens (including phenoxy) is 2. The highest BCUT2D eigenvalue weighted by molar-refractivity contribution is 5.85. The number of rotatable bonds is 7. The molecule has 0 aliphatic carbocycles. The van der Waals surface area contributed by atoms with Gasteiger partial charge in [-0.15, -0.1) is 12.4 Å². The zero-order chi connectivity index (χ0) is 19.1. The van der Waals surface area contributed by atoms with Gasteiger partial charge in [0.2, 0.25) is 0 Å². The van der Waals surface area contributed by atoms with E-state index in [1.54, 1.807) is 0 Å². The van der Waals surface area contributed by atoms with Gasteiger partial charge in [-0.3, -0.25) is 9.69 Å². The lowest BCUT2D eigenvalue weighted by atomic mass is 9.97. The topological polar surface area (TPSA) is 38.8 Å². The van der Waals surface area contributed by atoms with Crippen LogP contribution in [0.25, 0.3) is 0 Å². The maximum Gasteiger partial charge on any atom is 0.313 e. The third-order valence-corrected chi connectivity index (χ3v) is 5.34. The average Bonchev–Trinajstić information content (AvgIpc) is 2.71. The van der Waals surface area contributed by atoms with Crippen LogP contribution < -0.4 is 0 Å². The Kier molecular flexibility index (Phi) is 8.97. The lowest BCUT2D eigenvalue weighted by molar-refractivity contribution is -0.147. The minimum Gasteiger partial charge on any atom is -0.464 e. The molecule has 1 aliphatic heterocycles. The summed E-state index contributed by atoms with van der Waals surface area (Å²) in [6.07, 6.45) is 0.802. The molecule has 0 saturated carbocycles. The van der Waals surface area contributed by atoms with Crippen LogP contribution >= 0.6 is 12.4 Å². The summed E-state index contributed by atoms with van der Waals surface area (Å²) in [5, 5.41) is 0. The Hall–Kier alpha value is -1.88. The summed E-state index contributed by atoms with van der Waals surface area (Å²) in [6, 6.07) is 20.4. The van der Waals surface area contributed by atoms with Gasteiger partial charge in [0.25, 0.3) is 0 Å². The third-order valence-electron chi connectivity index (χ3n) is 5.34. The number of morpholine rings is 1. The molecule has 3 rings (SSSR count). The molecule has 0 aromatic heterocycles. The molecular formula is C23H30ClNO3. The Morgan fingerprint density at radius 3 is 2.43 bits per heavy atom. The van der Waals surface area contributed by atoms with Crippen LogP contribution in [0.5, 0.6) is 0 Å². The van der Waals surface area contributed by atoms with E-state index in [1.807, 2.05) is 55.5 Å². The van der Waals surface area contributed by atoms with Crippen molar-refractivity contribution >= 4 is 18.4 Å². The van der Waals surface area contributed by atoms with E-state index < -0.39 is 0 Å². The van der Waals surface area contributed by atoms with Crippen molar-refractivity contribution in [2.75, 3.05) is 26.3 Å². The quantitative estimate of drug-likeness (QED) is 0.633. The van der Waals surface area contributed by atoms with Crippen molar-refractivity contribution in [3.05, 3.63) is 71.8 Å². The molecule has 1 heterocycles. The Morgan fingerprint density at radius 2 is 1.79 bits per heavy atom. The zero-order valence-corrected chi connectivity index (χ0v) is 17.4. The van der Waals surface area contributed by atoms with E-state index in [2.05, 4.69) is 24.0 Å². The van der Waals surface area contributed by atoms with Crippen molar-refractivity contribution in [1.29, 1.82) is 0 Å². The molecule has 3 atom stereocenters. The highest BCUT2D eigenvalue weighted by Gasteiger charge is 2.30. The maximum absolute atomic E-state index is 12.5. The molecule has 1 fully saturated rings. The normalized spacial score (nSPS) is 20.8. The van der Waals surface area contributed by atoms with E-state index in [0.29, 0.717) is 13.2 Å². The molecular weight excluding hydrogens is 374 g/mol. The van der Waals surface area contributed by atoms with Crippen LogP contribution in [0.15, 0.2) is 60.7 Å². The van der Waals surface area contributed by atoms with E-state index in [4.69, 9.17) is 9.47 Å². The van der Waals surface area contributed by atoms with Gasteiger partial charge in [0, 0.05) is 19.1 Å². The average molecular weight is 404 g/mol. The Labute approximate surface area is 174 Å². The molecule has 3 unspecified atom stereocenters. The first kappa shape index (κ1) is 22.4. The Bertz CT molecular complexity index is 710. The van der Waals surface area contributed by atoms with E-state index in [9.17, 15) is 4.79 Å². The minimum atomic E-state index is -0.189. The van der Waals surface area contributed by atoms with Gasteiger partial charge in [0.15, 0.2) is 0 Å². The second kappa shape index (κ2) is 11.2. The molecule has 0 amide bonds. The largest absolute Gasteiger partial charge is 0.464 e. The number of benzene rings is 2. The summed E-state index contributed by atoms with van der Waals surface area (Å²) in [4.78, 5) is 14.9. The molecule has 0 N–H and O–H groups in total. The highest BCUT2D eigenvalue weighted by atomic mass is 35.5. The van der Waals surface area contributed by atoms with Crippen LogP contribution in [0.3, 0.4) is 0 Å². The number of carbonyl (C=O) groups is 1. The van der Waals surface area contributed by atoms with Crippen molar-refractivity contribution in [2.45, 2.75) is 38.3 Å². The van der Waals surface area contributed by atoms with Crippen LogP contribution in [-0.4, -0.2) is 43.2 Å². The van der Waals surface area contributed by atoms with Gasteiger partial charge >= 0.3 is 5.97 Å². The van der Waals surface area contributed by atoms with Crippen LogP contribution in [-0.2, 0) is 14.3 Å². The van der Waals surface area contributed by atoms with Crippen molar-refractivity contribution in [2.24, 2.45) is 0 Å². The van der Waals surface area contributed by atoms with Gasteiger partial charge in [-0.1, -0.05) is 67.6 Å². The Morgan fingerprint density at radius 1 is 1.14 bits per heavy atom. The molecule has 1 aliphatic rings. The maximum atomic E-state index is 12.5. The fourth-order valence-electron chi connectivity index (χ4n) is 3.75. The van der Waals surface area contributed by atoms with Crippen LogP contribution in [0.2, 0.25) is 0 Å². The number of nitrogens with zero attached hydrogens (tertiary/aromatic N) is 1. The predicted molar refractivity (Wildman–Crippen MR) is 114 cm³/mol. The summed E-state index contributed by atoms with van der Waals surface area (Å²) in [6.45, 7) is 6.89. The molecule has 2 aromatic rings. The number of hydrogen-bond donors (Lipinski definition) is 0. The van der Waals surface area contributed by atoms with Crippen LogP contribution in [0.1, 0.15) is 43.4 Å². The van der Waals surface area contributed by atoms with E-state index in [-0.39, 0.29) is 36.4 Å². The highest BCUT2D eigenvalue weighted by Crippen LogP contribution is 2.28. The molecule has 152 valence electrons. The van der Waals surface area contributed by atoms with Crippen LogP contribution in [0, 0.1) is 0 Å². The fraction of sp³-hybridized carbons (Fsp3) is 0.435. The number of halogens is 1. The summed E-state index contributed by atoms with van der Waals surface area (Å²) in [5.74, 6) is -0.324. The first-order valence-corrected chi connectivity index (χ1v) is 9.83. The molecule has 0 radical (unpaired) electrons. The van der Waals surface area contributed by atoms with Gasteiger partial charge in [-0.2, -0.15) is 0 Å². The van der Waals surface area contributed by atoms with Crippen molar-refractivity contribution in [1.82, 2.24) is 4.90 Å². The van der Waals surface area contributed by atoms with Crippen LogP contribution in [0.4, 0.5) is 0 Å². The summed E-state index contributed by atoms with van der Waals surface area (Å²) in [7, 11) is 0.